The largest absolute Gasteiger partial charge is 0.480 e. The van der Waals surface area contributed by atoms with E-state index in [0.717, 1.165) is 4.13 Å². The number of alkyl halides is 6. The molecule has 0 radical (unpaired) electrons. The molecule has 33 heavy (non-hydrogen) atoms. The Morgan fingerprint density at radius 1 is 0.727 bits per heavy atom. The minimum absolute atomic E-state index is 0.778. The minimum Gasteiger partial charge on any atom is -0.421 e. The molecule has 0 aromatic carbocycles. The van der Waals surface area contributed by atoms with E-state index in [1.165, 1.54) is 68.8 Å². The standard InChI is InChI=1S/C15H35ClNSi.C2F6NO4S2/c1-6-9-12-17(13-10-7-2,14-11-8-3)15-18(4,5)16;3-1(4,5)14(10,11)9-15(12,13)2(6,7)8/h6-15H2,1-5H3;/q+1;-1. The van der Waals surface area contributed by atoms with E-state index in [-0.39, 0.29) is 0 Å². The van der Waals surface area contributed by atoms with E-state index in [2.05, 4.69) is 33.9 Å². The fourth-order valence-electron chi connectivity index (χ4n) is 3.06. The van der Waals surface area contributed by atoms with Crippen LogP contribution in [0.4, 0.5) is 26.3 Å². The zero-order valence-corrected chi connectivity index (χ0v) is 22.9. The zero-order valence-electron chi connectivity index (χ0n) is 19.6. The van der Waals surface area contributed by atoms with Gasteiger partial charge in [0.2, 0.25) is 7.38 Å². The maximum Gasteiger partial charge on any atom is 0.480 e. The molecule has 0 aromatic heterocycles. The van der Waals surface area contributed by atoms with Gasteiger partial charge < -0.3 is 8.61 Å². The fourth-order valence-corrected chi connectivity index (χ4v) is 7.60. The second-order valence-corrected chi connectivity index (χ2v) is 18.6. The van der Waals surface area contributed by atoms with E-state index in [0.29, 0.717) is 0 Å². The fraction of sp³-hybridized carbons (Fsp3) is 1.00. The number of hydrogen-bond donors (Lipinski definition) is 0. The maximum atomic E-state index is 11.4. The van der Waals surface area contributed by atoms with Gasteiger partial charge in [0, 0.05) is 0 Å². The van der Waals surface area contributed by atoms with Crippen LogP contribution in [0.2, 0.25) is 13.1 Å². The average molecular weight is 573 g/mol. The lowest BCUT2D eigenvalue weighted by Crippen LogP contribution is -2.56. The lowest BCUT2D eigenvalue weighted by Gasteiger charge is -2.42. The van der Waals surface area contributed by atoms with Crippen LogP contribution in [0.3, 0.4) is 0 Å². The Hall–Kier alpha value is -0.0931. The highest BCUT2D eigenvalue weighted by atomic mass is 35.6. The topological polar surface area (TPSA) is 82.4 Å². The van der Waals surface area contributed by atoms with Crippen LogP contribution in [0.15, 0.2) is 0 Å². The molecule has 0 unspecified atom stereocenters. The predicted molar refractivity (Wildman–Crippen MR) is 121 cm³/mol. The predicted octanol–water partition coefficient (Wildman–Crippen LogP) is 6.25. The number of hydrogen-bond acceptors (Lipinski definition) is 4. The molecule has 0 bridgehead atoms. The highest BCUT2D eigenvalue weighted by molar-refractivity contribution is 8.13. The molecule has 0 fully saturated rings. The Morgan fingerprint density at radius 2 is 1.00 bits per heavy atom. The lowest BCUT2D eigenvalue weighted by molar-refractivity contribution is -0.919. The molecule has 0 heterocycles. The van der Waals surface area contributed by atoms with Gasteiger partial charge in [-0.25, -0.2) is 16.8 Å². The van der Waals surface area contributed by atoms with Gasteiger partial charge in [-0.05, 0) is 19.3 Å². The molecule has 0 rings (SSSR count). The van der Waals surface area contributed by atoms with Crippen LogP contribution in [0.5, 0.6) is 0 Å². The zero-order chi connectivity index (χ0) is 26.8. The van der Waals surface area contributed by atoms with E-state index < -0.39 is 38.4 Å². The van der Waals surface area contributed by atoms with E-state index >= 15 is 0 Å². The number of halogens is 7. The van der Waals surface area contributed by atoms with Crippen molar-refractivity contribution in [3.63, 3.8) is 0 Å². The van der Waals surface area contributed by atoms with Crippen LogP contribution in [0.25, 0.3) is 4.13 Å². The summed E-state index contributed by atoms with van der Waals surface area (Å²) >= 11 is 6.68. The van der Waals surface area contributed by atoms with Crippen LogP contribution in [-0.2, 0) is 20.0 Å². The molecule has 16 heteroatoms. The summed E-state index contributed by atoms with van der Waals surface area (Å²) in [7, 11) is -14.9. The van der Waals surface area contributed by atoms with Crippen LogP contribution in [-0.4, -0.2) is 65.5 Å². The monoisotopic (exact) mass is 572 g/mol. The molecule has 0 atom stereocenters. The number of nitrogens with zero attached hydrogens (tertiary/aromatic N) is 2. The van der Waals surface area contributed by atoms with Crippen LogP contribution < -0.4 is 0 Å². The van der Waals surface area contributed by atoms with Crippen molar-refractivity contribution < 1.29 is 47.7 Å². The normalized spacial score (nSPS) is 14.1. The van der Waals surface area contributed by atoms with E-state index in [1.54, 1.807) is 0 Å². The average Bonchev–Trinajstić information content (AvgIpc) is 2.59. The Bertz CT molecular complexity index is 706. The summed E-state index contributed by atoms with van der Waals surface area (Å²) in [6.07, 6.45) is 9.25. The van der Waals surface area contributed by atoms with Crippen molar-refractivity contribution >= 4 is 38.5 Å². The van der Waals surface area contributed by atoms with Crippen molar-refractivity contribution in [3.8, 4) is 0 Å². The molecular weight excluding hydrogens is 538 g/mol. The summed E-state index contributed by atoms with van der Waals surface area (Å²) in [5.74, 6) is 0. The van der Waals surface area contributed by atoms with Crippen molar-refractivity contribution in [1.29, 1.82) is 0 Å². The van der Waals surface area contributed by atoms with Crippen LogP contribution in [0.1, 0.15) is 59.3 Å². The van der Waals surface area contributed by atoms with Crippen molar-refractivity contribution in [3.05, 3.63) is 4.13 Å². The summed E-state index contributed by atoms with van der Waals surface area (Å²) in [5.41, 5.74) is -12.4. The van der Waals surface area contributed by atoms with E-state index in [9.17, 15) is 43.2 Å². The number of unbranched alkanes of at least 4 members (excludes halogenated alkanes) is 3. The van der Waals surface area contributed by atoms with Gasteiger partial charge in [-0.15, -0.1) is 0 Å². The highest BCUT2D eigenvalue weighted by Crippen LogP contribution is 2.36. The molecule has 0 aliphatic rings. The molecule has 0 N–H and O–H groups in total. The number of quaternary nitrogens is 1. The Morgan fingerprint density at radius 3 is 1.18 bits per heavy atom. The van der Waals surface area contributed by atoms with Crippen molar-refractivity contribution in [2.75, 3.05) is 25.8 Å². The molecule has 0 saturated heterocycles. The Kier molecular flexibility index (Phi) is 14.7. The van der Waals surface area contributed by atoms with E-state index in [1.807, 2.05) is 0 Å². The quantitative estimate of drug-likeness (QED) is 0.113. The summed E-state index contributed by atoms with van der Waals surface area (Å²) < 4.78 is 110. The third-order valence-corrected chi connectivity index (χ3v) is 8.97. The molecule has 0 saturated carbocycles. The summed E-state index contributed by atoms with van der Waals surface area (Å²) in [5, 5.41) is 0. The minimum atomic E-state index is -6.72. The molecule has 6 nitrogen and oxygen atoms in total. The summed E-state index contributed by atoms with van der Waals surface area (Å²) in [4.78, 5) is 0. The van der Waals surface area contributed by atoms with Crippen molar-refractivity contribution in [2.45, 2.75) is 83.4 Å². The Balaban J connectivity index is 0. The second kappa shape index (κ2) is 13.9. The van der Waals surface area contributed by atoms with Gasteiger partial charge >= 0.3 is 11.0 Å². The highest BCUT2D eigenvalue weighted by Gasteiger charge is 2.47. The first-order valence-electron chi connectivity index (χ1n) is 10.5. The number of sulfonamides is 2. The van der Waals surface area contributed by atoms with Gasteiger partial charge in [-0.2, -0.15) is 37.4 Å². The molecular formula is C17H35ClF6N2O4S2Si. The van der Waals surface area contributed by atoms with Gasteiger partial charge in [0.15, 0.2) is 20.0 Å². The molecule has 0 aromatic rings. The second-order valence-electron chi connectivity index (χ2n) is 8.37. The third-order valence-electron chi connectivity index (χ3n) is 4.45. The molecule has 202 valence electrons. The summed E-state index contributed by atoms with van der Waals surface area (Å²) in [6, 6.07) is 0. The first-order valence-corrected chi connectivity index (χ1v) is 17.6. The molecule has 0 aliphatic heterocycles. The smallest absolute Gasteiger partial charge is 0.421 e. The van der Waals surface area contributed by atoms with Crippen LogP contribution >= 0.6 is 11.1 Å². The van der Waals surface area contributed by atoms with Crippen LogP contribution in [0, 0.1) is 0 Å². The SMILES string of the molecule is CCCC[N+](CCCC)(CCCC)C[Si](C)(C)Cl.O=S(=O)([N-]S(=O)(=O)C(F)(F)F)C(F)(F)F. The Labute approximate surface area is 199 Å². The van der Waals surface area contributed by atoms with E-state index in [4.69, 9.17) is 11.1 Å². The van der Waals surface area contributed by atoms with Gasteiger partial charge in [0.25, 0.3) is 0 Å². The summed E-state index contributed by atoms with van der Waals surface area (Å²) in [6.45, 7) is 15.6. The van der Waals surface area contributed by atoms with Crippen molar-refractivity contribution in [2.24, 2.45) is 0 Å². The number of rotatable bonds is 13. The first kappa shape index (κ1) is 35.1. The van der Waals surface area contributed by atoms with Crippen molar-refractivity contribution in [1.82, 2.24) is 0 Å². The maximum absolute atomic E-state index is 11.4. The van der Waals surface area contributed by atoms with Gasteiger partial charge in [-0.1, -0.05) is 53.1 Å². The molecule has 0 aliphatic carbocycles. The molecule has 0 amide bonds. The van der Waals surface area contributed by atoms with Gasteiger partial charge in [-0.3, -0.25) is 0 Å². The molecule has 0 spiro atoms. The van der Waals surface area contributed by atoms with Gasteiger partial charge in [0.1, 0.15) is 0 Å². The van der Waals surface area contributed by atoms with Gasteiger partial charge in [0.05, 0.1) is 25.8 Å². The first-order chi connectivity index (χ1) is 14.6. The lowest BCUT2D eigenvalue weighted by atomic mass is 10.2. The third kappa shape index (κ3) is 14.2.